The molecule has 0 radical (unpaired) electrons. The Morgan fingerprint density at radius 2 is 2.14 bits per heavy atom. The summed E-state index contributed by atoms with van der Waals surface area (Å²) in [5.74, 6) is 0.347. The molecule has 0 amide bonds. The van der Waals surface area contributed by atoms with Gasteiger partial charge in [0.1, 0.15) is 11.7 Å². The molecule has 0 bridgehead atoms. The van der Waals surface area contributed by atoms with Crippen LogP contribution in [0.1, 0.15) is 59.3 Å². The van der Waals surface area contributed by atoms with Gasteiger partial charge in [0, 0.05) is 24.4 Å². The molecule has 5 aliphatic rings. The standard InChI is InChI=1S/C23H35NO5/c1-4-27-20(25)15-8-6-10-24(12-15)13-16-18-17(28-21(16)26)11-22(3)9-5-7-14(2)23(22)19(18)29-23/h14-19H,4-13H2,1-3H3. The van der Waals surface area contributed by atoms with Gasteiger partial charge < -0.3 is 19.1 Å². The molecule has 3 aliphatic heterocycles. The van der Waals surface area contributed by atoms with Crippen molar-refractivity contribution in [1.29, 1.82) is 0 Å². The van der Waals surface area contributed by atoms with E-state index in [2.05, 4.69) is 18.7 Å². The molecular weight excluding hydrogens is 370 g/mol. The van der Waals surface area contributed by atoms with Crippen LogP contribution in [-0.2, 0) is 23.8 Å². The van der Waals surface area contributed by atoms with Crippen LogP contribution in [0.15, 0.2) is 0 Å². The lowest BCUT2D eigenvalue weighted by Crippen LogP contribution is -2.55. The van der Waals surface area contributed by atoms with Crippen molar-refractivity contribution in [1.82, 2.24) is 4.90 Å². The topological polar surface area (TPSA) is 68.4 Å². The molecule has 2 saturated carbocycles. The molecule has 2 aliphatic carbocycles. The Morgan fingerprint density at radius 3 is 2.93 bits per heavy atom. The largest absolute Gasteiger partial charge is 0.466 e. The summed E-state index contributed by atoms with van der Waals surface area (Å²) in [5, 5.41) is 0. The number of likely N-dealkylation sites (tertiary alicyclic amines) is 1. The molecule has 8 atom stereocenters. The smallest absolute Gasteiger partial charge is 0.311 e. The van der Waals surface area contributed by atoms with Gasteiger partial charge in [0.25, 0.3) is 0 Å². The van der Waals surface area contributed by atoms with E-state index in [4.69, 9.17) is 14.2 Å². The first-order chi connectivity index (χ1) is 13.9. The number of carbonyl (C=O) groups is 2. The van der Waals surface area contributed by atoms with Crippen molar-refractivity contribution >= 4 is 11.9 Å². The Labute approximate surface area is 173 Å². The summed E-state index contributed by atoms with van der Waals surface area (Å²) in [6.07, 6.45) is 6.57. The van der Waals surface area contributed by atoms with Gasteiger partial charge in [-0.05, 0) is 51.5 Å². The van der Waals surface area contributed by atoms with Crippen molar-refractivity contribution in [2.75, 3.05) is 26.2 Å². The normalized spacial score (nSPS) is 48.9. The van der Waals surface area contributed by atoms with Crippen molar-refractivity contribution in [3.8, 4) is 0 Å². The predicted molar refractivity (Wildman–Crippen MR) is 106 cm³/mol. The molecular formula is C23H35NO5. The Kier molecular flexibility index (Phi) is 4.74. The number of piperidine rings is 1. The minimum absolute atomic E-state index is 0.00549. The molecule has 8 unspecified atom stereocenters. The summed E-state index contributed by atoms with van der Waals surface area (Å²) >= 11 is 0. The van der Waals surface area contributed by atoms with E-state index >= 15 is 0 Å². The molecule has 0 N–H and O–H groups in total. The fourth-order valence-electron chi connectivity index (χ4n) is 7.39. The first kappa shape index (κ1) is 19.8. The molecule has 162 valence electrons. The summed E-state index contributed by atoms with van der Waals surface area (Å²) in [4.78, 5) is 27.4. The summed E-state index contributed by atoms with van der Waals surface area (Å²) in [7, 11) is 0. The zero-order chi connectivity index (χ0) is 20.4. The van der Waals surface area contributed by atoms with E-state index in [1.807, 2.05) is 6.92 Å². The Balaban J connectivity index is 1.31. The third-order valence-corrected chi connectivity index (χ3v) is 8.77. The number of hydrogen-bond acceptors (Lipinski definition) is 6. The Morgan fingerprint density at radius 1 is 1.31 bits per heavy atom. The number of nitrogens with zero attached hydrogens (tertiary/aromatic N) is 1. The van der Waals surface area contributed by atoms with Gasteiger partial charge in [0.2, 0.25) is 0 Å². The summed E-state index contributed by atoms with van der Waals surface area (Å²) < 4.78 is 17.7. The Hall–Kier alpha value is -1.14. The molecule has 1 spiro atoms. The number of carbonyl (C=O) groups excluding carboxylic acids is 2. The van der Waals surface area contributed by atoms with Crippen LogP contribution in [0.2, 0.25) is 0 Å². The van der Waals surface area contributed by atoms with E-state index in [0.717, 1.165) is 25.8 Å². The first-order valence-corrected chi connectivity index (χ1v) is 11.7. The van der Waals surface area contributed by atoms with Crippen molar-refractivity contribution in [3.05, 3.63) is 0 Å². The van der Waals surface area contributed by atoms with Gasteiger partial charge in [-0.1, -0.05) is 20.3 Å². The van der Waals surface area contributed by atoms with Crippen LogP contribution in [0, 0.1) is 29.1 Å². The molecule has 29 heavy (non-hydrogen) atoms. The Bertz CT molecular complexity index is 697. The number of epoxide rings is 1. The predicted octanol–water partition coefficient (Wildman–Crippen LogP) is 2.79. The van der Waals surface area contributed by atoms with Crippen LogP contribution < -0.4 is 0 Å². The lowest BCUT2D eigenvalue weighted by Gasteiger charge is -2.49. The maximum absolute atomic E-state index is 12.9. The van der Waals surface area contributed by atoms with Crippen molar-refractivity contribution in [2.24, 2.45) is 29.1 Å². The van der Waals surface area contributed by atoms with Crippen LogP contribution in [0.25, 0.3) is 0 Å². The summed E-state index contributed by atoms with van der Waals surface area (Å²) in [6, 6.07) is 0. The first-order valence-electron chi connectivity index (χ1n) is 11.7. The maximum Gasteiger partial charge on any atom is 0.311 e. The lowest BCUT2D eigenvalue weighted by molar-refractivity contribution is -0.150. The zero-order valence-electron chi connectivity index (χ0n) is 18.0. The third kappa shape index (κ3) is 2.88. The molecule has 5 rings (SSSR count). The van der Waals surface area contributed by atoms with E-state index in [9.17, 15) is 9.59 Å². The average Bonchev–Trinajstić information content (AvgIpc) is 3.37. The fourth-order valence-corrected chi connectivity index (χ4v) is 7.39. The van der Waals surface area contributed by atoms with E-state index in [1.54, 1.807) is 0 Å². The highest BCUT2D eigenvalue weighted by Crippen LogP contribution is 2.70. The van der Waals surface area contributed by atoms with Crippen LogP contribution in [0.3, 0.4) is 0 Å². The lowest BCUT2D eigenvalue weighted by atomic mass is 9.53. The van der Waals surface area contributed by atoms with Gasteiger partial charge in [-0.15, -0.1) is 0 Å². The number of ether oxygens (including phenoxy) is 3. The zero-order valence-corrected chi connectivity index (χ0v) is 18.0. The second kappa shape index (κ2) is 6.94. The average molecular weight is 406 g/mol. The minimum Gasteiger partial charge on any atom is -0.466 e. The third-order valence-electron chi connectivity index (χ3n) is 8.77. The van der Waals surface area contributed by atoms with Crippen LogP contribution >= 0.6 is 0 Å². The quantitative estimate of drug-likeness (QED) is 0.529. The highest BCUT2D eigenvalue weighted by Gasteiger charge is 2.78. The van der Waals surface area contributed by atoms with Gasteiger partial charge in [0.05, 0.1) is 24.5 Å². The monoisotopic (exact) mass is 405 g/mol. The number of fused-ring (bicyclic) bond motifs is 2. The maximum atomic E-state index is 12.9. The van der Waals surface area contributed by atoms with Gasteiger partial charge in [-0.3, -0.25) is 9.59 Å². The molecule has 3 heterocycles. The molecule has 6 nitrogen and oxygen atoms in total. The van der Waals surface area contributed by atoms with Crippen LogP contribution in [-0.4, -0.2) is 60.9 Å². The highest BCUT2D eigenvalue weighted by atomic mass is 16.6. The van der Waals surface area contributed by atoms with Crippen molar-refractivity contribution in [2.45, 2.75) is 77.1 Å². The number of rotatable bonds is 4. The number of hydrogen-bond donors (Lipinski definition) is 0. The van der Waals surface area contributed by atoms with Crippen molar-refractivity contribution < 1.29 is 23.8 Å². The molecule has 3 saturated heterocycles. The molecule has 0 aromatic carbocycles. The highest BCUT2D eigenvalue weighted by molar-refractivity contribution is 5.76. The van der Waals surface area contributed by atoms with Gasteiger partial charge in [-0.25, -0.2) is 0 Å². The molecule has 5 fully saturated rings. The van der Waals surface area contributed by atoms with E-state index in [-0.39, 0.29) is 52.9 Å². The van der Waals surface area contributed by atoms with Crippen LogP contribution in [0.5, 0.6) is 0 Å². The minimum atomic E-state index is -0.135. The van der Waals surface area contributed by atoms with E-state index < -0.39 is 0 Å². The van der Waals surface area contributed by atoms with E-state index in [1.165, 1.54) is 19.3 Å². The SMILES string of the molecule is CCOC(=O)C1CCCN(CC2C(=O)OC3CC4(C)CCCC(C)C45OC5C32)C1. The van der Waals surface area contributed by atoms with Gasteiger partial charge >= 0.3 is 11.9 Å². The summed E-state index contributed by atoms with van der Waals surface area (Å²) in [6.45, 7) is 9.25. The second-order valence-electron chi connectivity index (χ2n) is 10.4. The van der Waals surface area contributed by atoms with Gasteiger partial charge in [-0.2, -0.15) is 0 Å². The fraction of sp³-hybridized carbons (Fsp3) is 0.913. The number of esters is 2. The summed E-state index contributed by atoms with van der Waals surface area (Å²) in [5.41, 5.74) is 0.0831. The molecule has 0 aromatic heterocycles. The molecule has 6 heteroatoms. The van der Waals surface area contributed by atoms with Gasteiger partial charge in [0.15, 0.2) is 0 Å². The second-order valence-corrected chi connectivity index (χ2v) is 10.4. The molecule has 0 aromatic rings. The van der Waals surface area contributed by atoms with Crippen molar-refractivity contribution in [3.63, 3.8) is 0 Å². The van der Waals surface area contributed by atoms with Crippen LogP contribution in [0.4, 0.5) is 0 Å². The van der Waals surface area contributed by atoms with E-state index in [0.29, 0.717) is 25.6 Å².